The van der Waals surface area contributed by atoms with Gasteiger partial charge in [0.25, 0.3) is 0 Å². The van der Waals surface area contributed by atoms with Gasteiger partial charge in [0.15, 0.2) is 5.11 Å². The van der Waals surface area contributed by atoms with Crippen molar-refractivity contribution in [1.82, 2.24) is 10.9 Å². The van der Waals surface area contributed by atoms with Crippen LogP contribution in [0.3, 0.4) is 0 Å². The lowest BCUT2D eigenvalue weighted by Gasteiger charge is -2.16. The van der Waals surface area contributed by atoms with Crippen molar-refractivity contribution in [2.45, 2.75) is 13.1 Å². The summed E-state index contributed by atoms with van der Waals surface area (Å²) in [6.45, 7) is 1.87. The minimum Gasteiger partial charge on any atom is -0.331 e. The van der Waals surface area contributed by atoms with E-state index in [-0.39, 0.29) is 15.3 Å². The SMILES string of the molecule is Cc1ccccc1NC(=S)NNC(=O)Nc1ccc(Br)cc1C(F)(F)F. The van der Waals surface area contributed by atoms with Crippen molar-refractivity contribution in [2.24, 2.45) is 0 Å². The highest BCUT2D eigenvalue weighted by atomic mass is 79.9. The Bertz CT molecular complexity index is 829. The molecule has 4 N–H and O–H groups in total. The number of hydrazine groups is 1. The van der Waals surface area contributed by atoms with Crippen LogP contribution in [0.1, 0.15) is 11.1 Å². The monoisotopic (exact) mass is 446 g/mol. The first-order valence-electron chi connectivity index (χ1n) is 7.23. The van der Waals surface area contributed by atoms with Crippen LogP contribution < -0.4 is 21.5 Å². The quantitative estimate of drug-likeness (QED) is 0.395. The maximum Gasteiger partial charge on any atom is 0.418 e. The second-order valence-corrected chi connectivity index (χ2v) is 6.48. The number of aryl methyl sites for hydroxylation is 1. The molecule has 2 rings (SSSR count). The van der Waals surface area contributed by atoms with Gasteiger partial charge in [0, 0.05) is 10.2 Å². The molecule has 0 spiro atoms. The van der Waals surface area contributed by atoms with Crippen molar-refractivity contribution in [3.05, 3.63) is 58.1 Å². The fraction of sp³-hybridized carbons (Fsp3) is 0.125. The number of nitrogens with one attached hydrogen (secondary N) is 4. The zero-order chi connectivity index (χ0) is 19.3. The van der Waals surface area contributed by atoms with Gasteiger partial charge in [-0.15, -0.1) is 0 Å². The van der Waals surface area contributed by atoms with Gasteiger partial charge in [-0.05, 0) is 49.0 Å². The molecule has 0 radical (unpaired) electrons. The van der Waals surface area contributed by atoms with Crippen molar-refractivity contribution in [3.63, 3.8) is 0 Å². The van der Waals surface area contributed by atoms with E-state index in [1.54, 1.807) is 6.07 Å². The molecule has 0 atom stereocenters. The van der Waals surface area contributed by atoms with E-state index < -0.39 is 17.8 Å². The molecule has 0 aliphatic heterocycles. The highest BCUT2D eigenvalue weighted by molar-refractivity contribution is 9.10. The maximum atomic E-state index is 13.0. The van der Waals surface area contributed by atoms with Crippen LogP contribution in [-0.2, 0) is 6.18 Å². The van der Waals surface area contributed by atoms with E-state index in [0.717, 1.165) is 23.4 Å². The Kier molecular flexibility index (Phi) is 6.43. The number of benzene rings is 2. The molecule has 10 heteroatoms. The molecule has 0 saturated carbocycles. The number of hydrogen-bond donors (Lipinski definition) is 4. The summed E-state index contributed by atoms with van der Waals surface area (Å²) in [7, 11) is 0. The molecule has 5 nitrogen and oxygen atoms in total. The lowest BCUT2D eigenvalue weighted by Crippen LogP contribution is -2.45. The van der Waals surface area contributed by atoms with Gasteiger partial charge in [-0.1, -0.05) is 34.1 Å². The number of carbonyl (C=O) groups is 1. The van der Waals surface area contributed by atoms with E-state index in [4.69, 9.17) is 12.2 Å². The lowest BCUT2D eigenvalue weighted by atomic mass is 10.1. The van der Waals surface area contributed by atoms with Gasteiger partial charge in [-0.3, -0.25) is 5.43 Å². The molecule has 0 aliphatic rings. The second-order valence-electron chi connectivity index (χ2n) is 5.16. The van der Waals surface area contributed by atoms with Gasteiger partial charge in [-0.2, -0.15) is 13.2 Å². The Morgan fingerprint density at radius 1 is 1.04 bits per heavy atom. The molecule has 0 fully saturated rings. The Hall–Kier alpha value is -2.33. The number of urea groups is 1. The molecule has 0 aromatic heterocycles. The van der Waals surface area contributed by atoms with Crippen LogP contribution >= 0.6 is 28.1 Å². The summed E-state index contributed by atoms with van der Waals surface area (Å²) in [5, 5.41) is 5.08. The normalized spacial score (nSPS) is 10.8. The van der Waals surface area contributed by atoms with E-state index in [2.05, 4.69) is 37.4 Å². The molecule has 0 unspecified atom stereocenters. The van der Waals surface area contributed by atoms with Crippen molar-refractivity contribution in [3.8, 4) is 0 Å². The van der Waals surface area contributed by atoms with Crippen LogP contribution in [0.25, 0.3) is 0 Å². The number of hydrogen-bond acceptors (Lipinski definition) is 2. The molecule has 2 amide bonds. The smallest absolute Gasteiger partial charge is 0.331 e. The van der Waals surface area contributed by atoms with Gasteiger partial charge < -0.3 is 10.6 Å². The number of amides is 2. The third-order valence-corrected chi connectivity index (χ3v) is 3.92. The third kappa shape index (κ3) is 5.60. The molecule has 2 aromatic rings. The number of anilines is 2. The van der Waals surface area contributed by atoms with Crippen LogP contribution in [0.4, 0.5) is 29.3 Å². The Morgan fingerprint density at radius 3 is 2.38 bits per heavy atom. The predicted octanol–water partition coefficient (Wildman–Crippen LogP) is 4.80. The molecule has 0 bridgehead atoms. The van der Waals surface area contributed by atoms with E-state index in [1.165, 1.54) is 6.07 Å². The fourth-order valence-corrected chi connectivity index (χ4v) is 2.52. The largest absolute Gasteiger partial charge is 0.418 e. The second kappa shape index (κ2) is 8.37. The zero-order valence-electron chi connectivity index (χ0n) is 13.4. The standard InChI is InChI=1S/C16H14BrF3N4OS/c1-9-4-2-3-5-12(9)22-15(26)24-23-14(25)21-13-7-6-10(17)8-11(13)16(18,19)20/h2-8H,1H3,(H2,21,23,25)(H2,22,24,26). The number of alkyl halides is 3. The Morgan fingerprint density at radius 2 is 1.73 bits per heavy atom. The van der Waals surface area contributed by atoms with Crippen molar-refractivity contribution in [2.75, 3.05) is 10.6 Å². The summed E-state index contributed by atoms with van der Waals surface area (Å²) in [6.07, 6.45) is -4.61. The van der Waals surface area contributed by atoms with Gasteiger partial charge in [-0.25, -0.2) is 10.2 Å². The Balaban J connectivity index is 1.95. The summed E-state index contributed by atoms with van der Waals surface area (Å²) < 4.78 is 39.3. The van der Waals surface area contributed by atoms with Gasteiger partial charge in [0.05, 0.1) is 11.3 Å². The topological polar surface area (TPSA) is 65.2 Å². The number of rotatable bonds is 2. The predicted molar refractivity (Wildman–Crippen MR) is 102 cm³/mol. The molecule has 0 heterocycles. The molecule has 2 aromatic carbocycles. The number of para-hydroxylation sites is 1. The number of carbonyl (C=O) groups excluding carboxylic acids is 1. The van der Waals surface area contributed by atoms with E-state index in [9.17, 15) is 18.0 Å². The number of thiocarbonyl (C=S) groups is 1. The number of halogens is 4. The van der Waals surface area contributed by atoms with E-state index in [1.807, 2.05) is 25.1 Å². The Labute approximate surface area is 161 Å². The molecular formula is C16H14BrF3N4OS. The summed E-state index contributed by atoms with van der Waals surface area (Å²) in [4.78, 5) is 11.8. The van der Waals surface area contributed by atoms with Crippen LogP contribution in [0, 0.1) is 6.92 Å². The van der Waals surface area contributed by atoms with Gasteiger partial charge >= 0.3 is 12.2 Å². The van der Waals surface area contributed by atoms with Crippen molar-refractivity contribution in [1.29, 1.82) is 0 Å². The average molecular weight is 447 g/mol. The molecule has 26 heavy (non-hydrogen) atoms. The van der Waals surface area contributed by atoms with Gasteiger partial charge in [0.2, 0.25) is 0 Å². The first-order chi connectivity index (χ1) is 12.2. The van der Waals surface area contributed by atoms with Crippen LogP contribution in [0.5, 0.6) is 0 Å². The first-order valence-corrected chi connectivity index (χ1v) is 8.43. The summed E-state index contributed by atoms with van der Waals surface area (Å²) >= 11 is 8.01. The minimum absolute atomic E-state index is 0.0845. The first kappa shape index (κ1) is 20.0. The minimum atomic E-state index is -4.61. The third-order valence-electron chi connectivity index (χ3n) is 3.22. The maximum absolute atomic E-state index is 13.0. The summed E-state index contributed by atoms with van der Waals surface area (Å²) in [5.74, 6) is 0. The highest BCUT2D eigenvalue weighted by Crippen LogP contribution is 2.36. The molecular weight excluding hydrogens is 433 g/mol. The van der Waals surface area contributed by atoms with Gasteiger partial charge in [0.1, 0.15) is 0 Å². The van der Waals surface area contributed by atoms with Crippen LogP contribution in [-0.4, -0.2) is 11.1 Å². The van der Waals surface area contributed by atoms with Crippen LogP contribution in [0.15, 0.2) is 46.9 Å². The van der Waals surface area contributed by atoms with E-state index >= 15 is 0 Å². The molecule has 0 aliphatic carbocycles. The van der Waals surface area contributed by atoms with Crippen molar-refractivity contribution >= 4 is 50.7 Å². The average Bonchev–Trinajstić information content (AvgIpc) is 2.56. The van der Waals surface area contributed by atoms with Crippen molar-refractivity contribution < 1.29 is 18.0 Å². The fourth-order valence-electron chi connectivity index (χ4n) is 1.99. The molecule has 0 saturated heterocycles. The van der Waals surface area contributed by atoms with E-state index in [0.29, 0.717) is 0 Å². The zero-order valence-corrected chi connectivity index (χ0v) is 15.8. The lowest BCUT2D eigenvalue weighted by molar-refractivity contribution is -0.136. The summed E-state index contributed by atoms with van der Waals surface area (Å²) in [6, 6.07) is 9.86. The van der Waals surface area contributed by atoms with Crippen LogP contribution in [0.2, 0.25) is 0 Å². The molecule has 138 valence electrons. The summed E-state index contributed by atoms with van der Waals surface area (Å²) in [5.41, 5.74) is 4.92. The highest BCUT2D eigenvalue weighted by Gasteiger charge is 2.34.